The number of hydrogen-bond donors (Lipinski definition) is 1. The molecule has 0 atom stereocenters. The van der Waals surface area contributed by atoms with E-state index in [9.17, 15) is 0 Å². The first-order chi connectivity index (χ1) is 9.40. The highest BCUT2D eigenvalue weighted by Gasteiger charge is 2.18. The Balaban J connectivity index is 1.67. The molecule has 1 aromatic heterocycles. The fourth-order valence-electron chi connectivity index (χ4n) is 2.87. The molecular weight excluding hydrogens is 238 g/mol. The Morgan fingerprint density at radius 1 is 1.11 bits per heavy atom. The van der Waals surface area contributed by atoms with Crippen LogP contribution in [0.1, 0.15) is 23.2 Å². The van der Waals surface area contributed by atoms with Crippen LogP contribution in [-0.2, 0) is 19.3 Å². The SMILES string of the molecule is c1nc2c(c(Nc3ccc4c(c3)CCO4)n1)CCC2. The minimum Gasteiger partial charge on any atom is -0.493 e. The lowest BCUT2D eigenvalue weighted by Crippen LogP contribution is -2.00. The van der Waals surface area contributed by atoms with Crippen molar-refractivity contribution in [1.82, 2.24) is 9.97 Å². The molecule has 0 bridgehead atoms. The molecule has 4 heteroatoms. The molecule has 0 unspecified atom stereocenters. The summed E-state index contributed by atoms with van der Waals surface area (Å²) < 4.78 is 5.52. The van der Waals surface area contributed by atoms with Gasteiger partial charge in [-0.1, -0.05) is 0 Å². The van der Waals surface area contributed by atoms with Gasteiger partial charge in [-0.3, -0.25) is 0 Å². The first kappa shape index (κ1) is 10.8. The van der Waals surface area contributed by atoms with Crippen LogP contribution in [0.4, 0.5) is 11.5 Å². The highest BCUT2D eigenvalue weighted by Crippen LogP contribution is 2.31. The average Bonchev–Trinajstić information content (AvgIpc) is 3.06. The van der Waals surface area contributed by atoms with Crippen molar-refractivity contribution in [1.29, 1.82) is 0 Å². The van der Waals surface area contributed by atoms with Crippen LogP contribution in [0, 0.1) is 0 Å². The quantitative estimate of drug-likeness (QED) is 0.893. The number of benzene rings is 1. The van der Waals surface area contributed by atoms with E-state index < -0.39 is 0 Å². The summed E-state index contributed by atoms with van der Waals surface area (Å²) in [6.07, 6.45) is 5.98. The second-order valence-electron chi connectivity index (χ2n) is 5.05. The minimum atomic E-state index is 0.793. The molecule has 1 aliphatic carbocycles. The summed E-state index contributed by atoms with van der Waals surface area (Å²) >= 11 is 0. The number of nitrogens with one attached hydrogen (secondary N) is 1. The van der Waals surface area contributed by atoms with Gasteiger partial charge in [0.25, 0.3) is 0 Å². The summed E-state index contributed by atoms with van der Waals surface area (Å²) in [5, 5.41) is 3.43. The molecule has 0 radical (unpaired) electrons. The van der Waals surface area contributed by atoms with Gasteiger partial charge >= 0.3 is 0 Å². The Kier molecular flexibility index (Phi) is 2.40. The number of hydrogen-bond acceptors (Lipinski definition) is 4. The van der Waals surface area contributed by atoms with E-state index in [1.54, 1.807) is 6.33 Å². The Bertz CT molecular complexity index is 639. The van der Waals surface area contributed by atoms with E-state index in [2.05, 4.69) is 21.4 Å². The molecule has 0 saturated carbocycles. The molecule has 0 saturated heterocycles. The number of aromatic nitrogens is 2. The third-order valence-corrected chi connectivity index (χ3v) is 3.83. The molecule has 19 heavy (non-hydrogen) atoms. The van der Waals surface area contributed by atoms with Gasteiger partial charge in [0.2, 0.25) is 0 Å². The molecule has 2 heterocycles. The maximum Gasteiger partial charge on any atom is 0.137 e. The Morgan fingerprint density at radius 2 is 2.11 bits per heavy atom. The smallest absolute Gasteiger partial charge is 0.137 e. The zero-order valence-electron chi connectivity index (χ0n) is 10.6. The molecule has 1 aliphatic heterocycles. The van der Waals surface area contributed by atoms with Crippen LogP contribution < -0.4 is 10.1 Å². The van der Waals surface area contributed by atoms with Gasteiger partial charge in [0.15, 0.2) is 0 Å². The van der Waals surface area contributed by atoms with Gasteiger partial charge in [-0.15, -0.1) is 0 Å². The second kappa shape index (κ2) is 4.23. The monoisotopic (exact) mass is 253 g/mol. The van der Waals surface area contributed by atoms with Gasteiger partial charge in [0.1, 0.15) is 17.9 Å². The maximum absolute atomic E-state index is 5.52. The van der Waals surface area contributed by atoms with Crippen LogP contribution in [0.2, 0.25) is 0 Å². The van der Waals surface area contributed by atoms with E-state index in [4.69, 9.17) is 4.74 Å². The third kappa shape index (κ3) is 1.84. The lowest BCUT2D eigenvalue weighted by atomic mass is 10.1. The molecule has 4 nitrogen and oxygen atoms in total. The molecule has 0 spiro atoms. The van der Waals surface area contributed by atoms with E-state index in [0.29, 0.717) is 0 Å². The second-order valence-corrected chi connectivity index (χ2v) is 5.05. The normalized spacial score (nSPS) is 15.8. The van der Waals surface area contributed by atoms with Crippen LogP contribution in [-0.4, -0.2) is 16.6 Å². The van der Waals surface area contributed by atoms with Gasteiger partial charge in [-0.25, -0.2) is 9.97 Å². The summed E-state index contributed by atoms with van der Waals surface area (Å²) in [6.45, 7) is 0.793. The Labute approximate surface area is 111 Å². The molecule has 96 valence electrons. The summed E-state index contributed by atoms with van der Waals surface area (Å²) in [7, 11) is 0. The van der Waals surface area contributed by atoms with Crippen molar-refractivity contribution in [2.45, 2.75) is 25.7 Å². The van der Waals surface area contributed by atoms with E-state index in [0.717, 1.165) is 43.1 Å². The predicted molar refractivity (Wildman–Crippen MR) is 73.0 cm³/mol. The van der Waals surface area contributed by atoms with Gasteiger partial charge in [-0.05, 0) is 43.0 Å². The zero-order chi connectivity index (χ0) is 12.7. The minimum absolute atomic E-state index is 0.793. The van der Waals surface area contributed by atoms with Crippen LogP contribution in [0.25, 0.3) is 0 Å². The Hall–Kier alpha value is -2.10. The highest BCUT2D eigenvalue weighted by molar-refractivity contribution is 5.63. The van der Waals surface area contributed by atoms with Crippen LogP contribution in [0.3, 0.4) is 0 Å². The van der Waals surface area contributed by atoms with E-state index in [-0.39, 0.29) is 0 Å². The van der Waals surface area contributed by atoms with Gasteiger partial charge in [0, 0.05) is 23.4 Å². The van der Waals surface area contributed by atoms with Gasteiger partial charge in [-0.2, -0.15) is 0 Å². The topological polar surface area (TPSA) is 47.0 Å². The van der Waals surface area contributed by atoms with Crippen LogP contribution >= 0.6 is 0 Å². The maximum atomic E-state index is 5.52. The average molecular weight is 253 g/mol. The number of anilines is 2. The summed E-state index contributed by atoms with van der Waals surface area (Å²) in [5.41, 5.74) is 4.83. The van der Waals surface area contributed by atoms with Gasteiger partial charge in [0.05, 0.1) is 6.61 Å². The summed E-state index contributed by atoms with van der Waals surface area (Å²) in [6, 6.07) is 6.24. The summed E-state index contributed by atoms with van der Waals surface area (Å²) in [4.78, 5) is 8.73. The number of rotatable bonds is 2. The molecular formula is C15H15N3O. The largest absolute Gasteiger partial charge is 0.493 e. The number of fused-ring (bicyclic) bond motifs is 2. The van der Waals surface area contributed by atoms with Crippen molar-refractivity contribution < 1.29 is 4.74 Å². The molecule has 0 fully saturated rings. The van der Waals surface area contributed by atoms with Gasteiger partial charge < -0.3 is 10.1 Å². The van der Waals surface area contributed by atoms with Crippen LogP contribution in [0.5, 0.6) is 5.75 Å². The lowest BCUT2D eigenvalue weighted by molar-refractivity contribution is 0.357. The van der Waals surface area contributed by atoms with E-state index >= 15 is 0 Å². The highest BCUT2D eigenvalue weighted by atomic mass is 16.5. The first-order valence-electron chi connectivity index (χ1n) is 6.76. The van der Waals surface area contributed by atoms with Crippen molar-refractivity contribution in [3.63, 3.8) is 0 Å². The van der Waals surface area contributed by atoms with Crippen molar-refractivity contribution in [3.05, 3.63) is 41.3 Å². The van der Waals surface area contributed by atoms with E-state index in [1.165, 1.54) is 23.2 Å². The molecule has 0 amide bonds. The number of aryl methyl sites for hydroxylation is 1. The van der Waals surface area contributed by atoms with Crippen molar-refractivity contribution in [3.8, 4) is 5.75 Å². The van der Waals surface area contributed by atoms with Crippen molar-refractivity contribution in [2.75, 3.05) is 11.9 Å². The fourth-order valence-corrected chi connectivity index (χ4v) is 2.87. The van der Waals surface area contributed by atoms with E-state index in [1.807, 2.05) is 12.1 Å². The zero-order valence-corrected chi connectivity index (χ0v) is 10.6. The molecule has 2 aliphatic rings. The molecule has 4 rings (SSSR count). The first-order valence-corrected chi connectivity index (χ1v) is 6.76. The van der Waals surface area contributed by atoms with Crippen LogP contribution in [0.15, 0.2) is 24.5 Å². The standard InChI is InChI=1S/C15H15N3O/c1-2-12-13(3-1)16-9-17-15(12)18-11-4-5-14-10(8-11)6-7-19-14/h4-5,8-9H,1-3,6-7H2,(H,16,17,18). The number of ether oxygens (including phenoxy) is 1. The summed E-state index contributed by atoms with van der Waals surface area (Å²) in [5.74, 6) is 1.97. The molecule has 2 aromatic rings. The Morgan fingerprint density at radius 3 is 3.11 bits per heavy atom. The fraction of sp³-hybridized carbons (Fsp3) is 0.333. The number of nitrogens with zero attached hydrogens (tertiary/aromatic N) is 2. The van der Waals surface area contributed by atoms with Crippen molar-refractivity contribution >= 4 is 11.5 Å². The molecule has 1 aromatic carbocycles. The van der Waals surface area contributed by atoms with Crippen molar-refractivity contribution in [2.24, 2.45) is 0 Å². The predicted octanol–water partition coefficient (Wildman–Crippen LogP) is 2.64. The molecule has 1 N–H and O–H groups in total. The lowest BCUT2D eigenvalue weighted by Gasteiger charge is -2.10. The third-order valence-electron chi connectivity index (χ3n) is 3.83.